The molecule has 0 heterocycles. The first kappa shape index (κ1) is 18.5. The highest BCUT2D eigenvalue weighted by Gasteiger charge is 2.26. The molecule has 0 aromatic heterocycles. The van der Waals surface area contributed by atoms with Gasteiger partial charge in [0, 0.05) is 8.47 Å². The number of Topliss-reactive ketones (excluding diaryl/α,β-unsaturated/α-hetero) is 1. The quantitative estimate of drug-likeness (QED) is 0.806. The summed E-state index contributed by atoms with van der Waals surface area (Å²) < 4.78 is 0. The normalized spacial score (nSPS) is 11.5. The first-order valence-corrected chi connectivity index (χ1v) is 6.24. The van der Waals surface area contributed by atoms with E-state index in [1.54, 1.807) is 14.1 Å². The number of rotatable bonds is 5. The molecule has 104 valence electrons. The minimum atomic E-state index is -0.309. The maximum Gasteiger partial charge on any atom is 0.236 e. The lowest BCUT2D eigenvalue weighted by molar-refractivity contribution is -0.138. The lowest BCUT2D eigenvalue weighted by atomic mass is 9.99. The van der Waals surface area contributed by atoms with Crippen molar-refractivity contribution in [2.75, 3.05) is 20.6 Å². The first-order chi connectivity index (χ1) is 7.83. The van der Waals surface area contributed by atoms with E-state index in [1.165, 1.54) is 18.2 Å². The second-order valence-electron chi connectivity index (χ2n) is 4.54. The van der Waals surface area contributed by atoms with Crippen molar-refractivity contribution in [1.29, 1.82) is 0 Å². The molecular formula is C13H30N2O2. The van der Waals surface area contributed by atoms with Crippen LogP contribution in [0.25, 0.3) is 0 Å². The number of hydrogen-bond donors (Lipinski definition) is 1. The van der Waals surface area contributed by atoms with Gasteiger partial charge in [-0.15, -0.1) is 0 Å². The van der Waals surface area contributed by atoms with Crippen molar-refractivity contribution in [3.63, 3.8) is 0 Å². The van der Waals surface area contributed by atoms with Crippen LogP contribution in [0.2, 0.25) is 0 Å². The second-order valence-corrected chi connectivity index (χ2v) is 4.54. The lowest BCUT2D eigenvalue weighted by Crippen LogP contribution is -2.47. The molecule has 0 saturated heterocycles. The minimum Gasteiger partial charge on any atom is -0.334 e. The Morgan fingerprint density at radius 3 is 1.94 bits per heavy atom. The summed E-state index contributed by atoms with van der Waals surface area (Å²) in [6, 6.07) is -0.309. The number of carbonyl (C=O) groups excluding carboxylic acids is 2. The molecule has 0 unspecified atom stereocenters. The Bertz CT molecular complexity index is 233. The summed E-state index contributed by atoms with van der Waals surface area (Å²) in [6.07, 6.45) is 1.25. The van der Waals surface area contributed by atoms with Gasteiger partial charge in [0.1, 0.15) is 0 Å². The molecule has 0 fully saturated rings. The van der Waals surface area contributed by atoms with Crippen molar-refractivity contribution in [3.05, 3.63) is 0 Å². The van der Waals surface area contributed by atoms with Crippen LogP contribution in [0.5, 0.6) is 0 Å². The number of nitrogens with zero attached hydrogens (tertiary/aromatic N) is 1. The number of ketones is 1. The topological polar surface area (TPSA) is 49.4 Å². The molecule has 0 aliphatic rings. The molecule has 1 atom stereocenters. The maximum atomic E-state index is 11.5. The zero-order chi connectivity index (χ0) is 14.0. The van der Waals surface area contributed by atoms with Crippen LogP contribution in [0, 0.1) is 5.92 Å². The zero-order valence-corrected chi connectivity index (χ0v) is 12.3. The third-order valence-electron chi connectivity index (χ3n) is 2.19. The summed E-state index contributed by atoms with van der Waals surface area (Å²) in [5, 5.41) is 2.78. The summed E-state index contributed by atoms with van der Waals surface area (Å²) in [5.74, 6) is 0.131. The summed E-state index contributed by atoms with van der Waals surface area (Å²) in [7, 11) is 3.38. The molecule has 0 rings (SSSR count). The maximum absolute atomic E-state index is 11.5. The molecule has 17 heavy (non-hydrogen) atoms. The molecular weight excluding hydrogens is 216 g/mol. The standard InChI is InChI=1S/C10H20N2O2.C3H8.H2/c1-7(2)10(8(3)13)12(5)9(14)6-11-4;1-3-2;/h7,10-11H,6H2,1-5H3;3H2,1-2H3;1H/t10-;;/m0../s1. The molecule has 0 spiro atoms. The smallest absolute Gasteiger partial charge is 0.236 e. The molecule has 4 heteroatoms. The fraction of sp³-hybridized carbons (Fsp3) is 0.846. The zero-order valence-electron chi connectivity index (χ0n) is 12.3. The highest BCUT2D eigenvalue weighted by Crippen LogP contribution is 2.10. The van der Waals surface area contributed by atoms with Gasteiger partial charge in [-0.1, -0.05) is 34.1 Å². The van der Waals surface area contributed by atoms with E-state index in [2.05, 4.69) is 19.2 Å². The molecule has 0 radical (unpaired) electrons. The molecule has 0 saturated carbocycles. The van der Waals surface area contributed by atoms with Gasteiger partial charge in [-0.2, -0.15) is 0 Å². The van der Waals surface area contributed by atoms with Gasteiger partial charge in [0.15, 0.2) is 5.78 Å². The van der Waals surface area contributed by atoms with Crippen LogP contribution in [0.3, 0.4) is 0 Å². The average molecular weight is 246 g/mol. The van der Waals surface area contributed by atoms with Crippen molar-refractivity contribution < 1.29 is 11.0 Å². The fourth-order valence-electron chi connectivity index (χ4n) is 1.62. The van der Waals surface area contributed by atoms with Gasteiger partial charge in [-0.05, 0) is 19.9 Å². The molecule has 0 aliphatic carbocycles. The van der Waals surface area contributed by atoms with Crippen molar-refractivity contribution in [2.45, 2.75) is 47.1 Å². The lowest BCUT2D eigenvalue weighted by Gasteiger charge is -2.29. The van der Waals surface area contributed by atoms with E-state index < -0.39 is 0 Å². The Labute approximate surface area is 107 Å². The molecule has 0 aliphatic heterocycles. The summed E-state index contributed by atoms with van der Waals surface area (Å²) >= 11 is 0. The molecule has 0 aromatic rings. The van der Waals surface area contributed by atoms with E-state index in [9.17, 15) is 9.59 Å². The van der Waals surface area contributed by atoms with Gasteiger partial charge in [-0.3, -0.25) is 9.59 Å². The molecule has 1 amide bonds. The fourth-order valence-corrected chi connectivity index (χ4v) is 1.62. The Hall–Kier alpha value is -0.900. The third-order valence-corrected chi connectivity index (χ3v) is 2.19. The number of nitrogens with one attached hydrogen (secondary N) is 1. The van der Waals surface area contributed by atoms with Crippen LogP contribution in [0.4, 0.5) is 0 Å². The summed E-state index contributed by atoms with van der Waals surface area (Å²) in [6.45, 7) is 9.92. The van der Waals surface area contributed by atoms with Crippen LogP contribution in [-0.2, 0) is 9.59 Å². The number of likely N-dealkylation sites (N-methyl/N-ethyl adjacent to an activating group) is 2. The van der Waals surface area contributed by atoms with E-state index >= 15 is 0 Å². The Kier molecular flexibility index (Phi) is 11.2. The molecule has 0 bridgehead atoms. The largest absolute Gasteiger partial charge is 0.334 e. The number of carbonyl (C=O) groups is 2. The van der Waals surface area contributed by atoms with Gasteiger partial charge < -0.3 is 10.2 Å². The Morgan fingerprint density at radius 2 is 1.71 bits per heavy atom. The van der Waals surface area contributed by atoms with Crippen LogP contribution in [-0.4, -0.2) is 43.3 Å². The third kappa shape index (κ3) is 7.91. The highest BCUT2D eigenvalue weighted by molar-refractivity contribution is 5.88. The van der Waals surface area contributed by atoms with Crippen molar-refractivity contribution >= 4 is 11.7 Å². The van der Waals surface area contributed by atoms with Gasteiger partial charge in [0.05, 0.1) is 12.6 Å². The van der Waals surface area contributed by atoms with Gasteiger partial charge in [0.2, 0.25) is 5.91 Å². The van der Waals surface area contributed by atoms with E-state index in [-0.39, 0.29) is 31.6 Å². The SMILES string of the molecule is CCC.CNCC(=O)N(C)[C@H](C(C)=O)C(C)C.[HH]. The van der Waals surface area contributed by atoms with Gasteiger partial charge in [0.25, 0.3) is 0 Å². The minimum absolute atomic E-state index is 0. The Morgan fingerprint density at radius 1 is 1.29 bits per heavy atom. The molecule has 0 aromatic carbocycles. The summed E-state index contributed by atoms with van der Waals surface area (Å²) in [4.78, 5) is 24.3. The monoisotopic (exact) mass is 246 g/mol. The highest BCUT2D eigenvalue weighted by atomic mass is 16.2. The van der Waals surface area contributed by atoms with E-state index in [4.69, 9.17) is 0 Å². The van der Waals surface area contributed by atoms with Crippen molar-refractivity contribution in [1.82, 2.24) is 10.2 Å². The number of amides is 1. The van der Waals surface area contributed by atoms with E-state index in [1.807, 2.05) is 13.8 Å². The van der Waals surface area contributed by atoms with Crippen LogP contribution < -0.4 is 5.32 Å². The van der Waals surface area contributed by atoms with Gasteiger partial charge >= 0.3 is 0 Å². The average Bonchev–Trinajstić information content (AvgIpc) is 2.17. The van der Waals surface area contributed by atoms with Crippen molar-refractivity contribution in [2.24, 2.45) is 5.92 Å². The predicted octanol–water partition coefficient (Wildman–Crippen LogP) is 1.94. The van der Waals surface area contributed by atoms with Crippen LogP contribution >= 0.6 is 0 Å². The predicted molar refractivity (Wildman–Crippen MR) is 74.1 cm³/mol. The summed E-state index contributed by atoms with van der Waals surface area (Å²) in [5.41, 5.74) is 0. The van der Waals surface area contributed by atoms with Crippen LogP contribution in [0.15, 0.2) is 0 Å². The van der Waals surface area contributed by atoms with Crippen molar-refractivity contribution in [3.8, 4) is 0 Å². The van der Waals surface area contributed by atoms with E-state index in [0.29, 0.717) is 0 Å². The second kappa shape index (κ2) is 10.3. The van der Waals surface area contributed by atoms with Crippen LogP contribution in [0.1, 0.15) is 42.5 Å². The molecule has 4 nitrogen and oxygen atoms in total. The first-order valence-electron chi connectivity index (χ1n) is 6.24. The Balaban J connectivity index is -0.000000507. The van der Waals surface area contributed by atoms with Gasteiger partial charge in [-0.25, -0.2) is 0 Å². The number of hydrogen-bond acceptors (Lipinski definition) is 3. The molecule has 1 N–H and O–H groups in total. The van der Waals surface area contributed by atoms with E-state index in [0.717, 1.165) is 0 Å².